The van der Waals surface area contributed by atoms with E-state index in [0.29, 0.717) is 32.3 Å². The fourth-order valence-corrected chi connectivity index (χ4v) is 9.73. The van der Waals surface area contributed by atoms with E-state index in [4.69, 9.17) is 14.2 Å². The van der Waals surface area contributed by atoms with Crippen molar-refractivity contribution >= 4 is 12.3 Å². The van der Waals surface area contributed by atoms with Crippen molar-refractivity contribution in [2.24, 2.45) is 34.5 Å². The Balaban J connectivity index is 1.19. The highest BCUT2D eigenvalue weighted by Gasteiger charge is 2.68. The van der Waals surface area contributed by atoms with E-state index < -0.39 is 41.7 Å². The number of esters is 1. The van der Waals surface area contributed by atoms with Crippen LogP contribution in [0.1, 0.15) is 71.6 Å². The Bertz CT molecular complexity index is 999. The van der Waals surface area contributed by atoms with Gasteiger partial charge < -0.3 is 39.4 Å². The average Bonchev–Trinajstić information content (AvgIpc) is 3.45. The molecule has 2 heterocycles. The molecule has 0 radical (unpaired) electrons. The van der Waals surface area contributed by atoms with Gasteiger partial charge in [0.05, 0.1) is 17.8 Å². The first kappa shape index (κ1) is 26.8. The van der Waals surface area contributed by atoms with Crippen LogP contribution in [0.4, 0.5) is 0 Å². The van der Waals surface area contributed by atoms with Crippen molar-refractivity contribution < 1.29 is 44.2 Å². The SMILES string of the molecule is C[C@@H]1O[C@@H](O[C@H]2CC[C@@]3(C=O)[C@H](CC[C@H]4[C@H]3CC[C@]3(C)[C@@H](C5=CC(=O)OC5)CC[C@]43O)C2)[C@H](O)[C@H](O)[C@H]1O. The van der Waals surface area contributed by atoms with Crippen molar-refractivity contribution in [1.82, 2.24) is 0 Å². The smallest absolute Gasteiger partial charge is 0.331 e. The number of aliphatic hydroxyl groups is 4. The lowest BCUT2D eigenvalue weighted by molar-refractivity contribution is -0.309. The van der Waals surface area contributed by atoms with Crippen molar-refractivity contribution in [3.8, 4) is 0 Å². The van der Waals surface area contributed by atoms with E-state index in [1.807, 2.05) is 0 Å². The first-order chi connectivity index (χ1) is 18.0. The minimum Gasteiger partial charge on any atom is -0.458 e. The summed E-state index contributed by atoms with van der Waals surface area (Å²) < 4.78 is 17.0. The molecule has 0 bridgehead atoms. The zero-order valence-electron chi connectivity index (χ0n) is 22.3. The Morgan fingerprint density at radius 2 is 1.79 bits per heavy atom. The van der Waals surface area contributed by atoms with E-state index in [1.165, 1.54) is 6.29 Å². The van der Waals surface area contributed by atoms with Gasteiger partial charge >= 0.3 is 5.97 Å². The lowest BCUT2D eigenvalue weighted by atomic mass is 9.43. The summed E-state index contributed by atoms with van der Waals surface area (Å²) in [7, 11) is 0. The van der Waals surface area contributed by atoms with Gasteiger partial charge in [0.1, 0.15) is 31.2 Å². The number of aliphatic hydroxyl groups excluding tert-OH is 3. The van der Waals surface area contributed by atoms with Gasteiger partial charge in [0, 0.05) is 16.9 Å². The van der Waals surface area contributed by atoms with Gasteiger partial charge in [-0.25, -0.2) is 4.79 Å². The van der Waals surface area contributed by atoms with Gasteiger partial charge in [-0.2, -0.15) is 0 Å². The molecule has 6 rings (SSSR count). The van der Waals surface area contributed by atoms with Crippen molar-refractivity contribution in [3.63, 3.8) is 0 Å². The van der Waals surface area contributed by atoms with Gasteiger partial charge in [-0.3, -0.25) is 0 Å². The third-order valence-electron chi connectivity index (χ3n) is 11.9. The summed E-state index contributed by atoms with van der Waals surface area (Å²) >= 11 is 0. The Morgan fingerprint density at radius 3 is 2.50 bits per heavy atom. The number of fused-ring (bicyclic) bond motifs is 5. The summed E-state index contributed by atoms with van der Waals surface area (Å²) in [6.07, 6.45) is 3.80. The molecule has 0 aromatic carbocycles. The largest absolute Gasteiger partial charge is 0.458 e. The number of aldehydes is 1. The standard InChI is InChI=1S/C29H42O9/c1-15-23(32)24(33)25(34)26(37-15)38-18-5-9-28(14-30)17(12-18)3-4-21-20(28)6-8-27(2)19(7-10-29(21,27)35)16-11-22(31)36-13-16/h11,14-15,17-21,23-26,32-35H,3-10,12-13H2,1-2H3/t15-,17+,18-,19+,20+,21-,23-,24+,25+,26-,27+,28+,29-/m0/s1. The number of carbonyl (C=O) groups is 2. The summed E-state index contributed by atoms with van der Waals surface area (Å²) in [6, 6.07) is 0. The lowest BCUT2D eigenvalue weighted by Crippen LogP contribution is -2.63. The van der Waals surface area contributed by atoms with E-state index in [1.54, 1.807) is 13.0 Å². The third kappa shape index (κ3) is 3.72. The second-order valence-electron chi connectivity index (χ2n) is 13.2. The van der Waals surface area contributed by atoms with Crippen LogP contribution in [-0.4, -0.2) is 81.7 Å². The number of hydrogen-bond donors (Lipinski definition) is 4. The number of ether oxygens (including phenoxy) is 3. The molecule has 0 unspecified atom stereocenters. The monoisotopic (exact) mass is 534 g/mol. The van der Waals surface area contributed by atoms with Gasteiger partial charge in [-0.05, 0) is 94.0 Å². The van der Waals surface area contributed by atoms with Crippen LogP contribution in [0, 0.1) is 34.5 Å². The maximum atomic E-state index is 12.9. The number of rotatable bonds is 4. The van der Waals surface area contributed by atoms with E-state index in [0.717, 1.165) is 37.7 Å². The molecule has 0 spiro atoms. The van der Waals surface area contributed by atoms with Crippen molar-refractivity contribution in [3.05, 3.63) is 11.6 Å². The highest BCUT2D eigenvalue weighted by molar-refractivity contribution is 5.85. The highest BCUT2D eigenvalue weighted by Crippen LogP contribution is 2.69. The molecule has 0 aromatic rings. The zero-order chi connectivity index (χ0) is 27.0. The average molecular weight is 535 g/mol. The summed E-state index contributed by atoms with van der Waals surface area (Å²) in [4.78, 5) is 24.7. The molecule has 1 saturated heterocycles. The van der Waals surface area contributed by atoms with Crippen LogP contribution in [0.3, 0.4) is 0 Å². The summed E-state index contributed by atoms with van der Waals surface area (Å²) in [5.41, 5.74) is -0.739. The van der Waals surface area contributed by atoms with Crippen LogP contribution in [0.2, 0.25) is 0 Å². The van der Waals surface area contributed by atoms with Crippen LogP contribution in [0.25, 0.3) is 0 Å². The minimum absolute atomic E-state index is 0.0322. The maximum Gasteiger partial charge on any atom is 0.331 e. The lowest BCUT2D eigenvalue weighted by Gasteiger charge is -2.63. The fourth-order valence-electron chi connectivity index (χ4n) is 9.73. The van der Waals surface area contributed by atoms with E-state index in [-0.39, 0.29) is 41.2 Å². The molecule has 2 aliphatic heterocycles. The molecule has 4 aliphatic carbocycles. The van der Waals surface area contributed by atoms with Crippen molar-refractivity contribution in [2.45, 2.75) is 114 Å². The molecule has 0 amide bonds. The zero-order valence-corrected chi connectivity index (χ0v) is 22.3. The fraction of sp³-hybridized carbons (Fsp3) is 0.862. The topological polar surface area (TPSA) is 143 Å². The van der Waals surface area contributed by atoms with Crippen LogP contribution in [0.5, 0.6) is 0 Å². The molecular weight excluding hydrogens is 492 g/mol. The molecular formula is C29H42O9. The second kappa shape index (κ2) is 9.35. The summed E-state index contributed by atoms with van der Waals surface area (Å²) in [5, 5.41) is 42.9. The van der Waals surface area contributed by atoms with Gasteiger partial charge in [-0.15, -0.1) is 0 Å². The van der Waals surface area contributed by atoms with E-state index in [2.05, 4.69) is 6.92 Å². The first-order valence-corrected chi connectivity index (χ1v) is 14.4. The molecule has 4 N–H and O–H groups in total. The number of cyclic esters (lactones) is 1. The maximum absolute atomic E-state index is 12.9. The normalized spacial score (nSPS) is 54.4. The Hall–Kier alpha value is -1.36. The van der Waals surface area contributed by atoms with Gasteiger partial charge in [-0.1, -0.05) is 6.92 Å². The predicted octanol–water partition coefficient (Wildman–Crippen LogP) is 1.64. The van der Waals surface area contributed by atoms with Gasteiger partial charge in [0.2, 0.25) is 0 Å². The Labute approximate surface area is 223 Å². The van der Waals surface area contributed by atoms with E-state index in [9.17, 15) is 30.0 Å². The molecule has 4 saturated carbocycles. The van der Waals surface area contributed by atoms with Gasteiger partial charge in [0.25, 0.3) is 0 Å². The molecule has 6 aliphatic rings. The second-order valence-corrected chi connectivity index (χ2v) is 13.2. The highest BCUT2D eigenvalue weighted by atomic mass is 16.7. The van der Waals surface area contributed by atoms with Crippen LogP contribution < -0.4 is 0 Å². The van der Waals surface area contributed by atoms with Crippen molar-refractivity contribution in [1.29, 1.82) is 0 Å². The van der Waals surface area contributed by atoms with E-state index >= 15 is 0 Å². The molecule has 212 valence electrons. The summed E-state index contributed by atoms with van der Waals surface area (Å²) in [5.74, 6) is 0.0678. The van der Waals surface area contributed by atoms with Gasteiger partial charge in [0.15, 0.2) is 6.29 Å². The molecule has 5 fully saturated rings. The minimum atomic E-state index is -1.34. The molecule has 38 heavy (non-hydrogen) atoms. The van der Waals surface area contributed by atoms with Crippen LogP contribution in [-0.2, 0) is 23.8 Å². The van der Waals surface area contributed by atoms with Crippen LogP contribution >= 0.6 is 0 Å². The van der Waals surface area contributed by atoms with Crippen molar-refractivity contribution in [2.75, 3.05) is 6.61 Å². The summed E-state index contributed by atoms with van der Waals surface area (Å²) in [6.45, 7) is 4.13. The molecule has 9 nitrogen and oxygen atoms in total. The Kier molecular flexibility index (Phi) is 6.60. The van der Waals surface area contributed by atoms with Crippen LogP contribution in [0.15, 0.2) is 11.6 Å². The third-order valence-corrected chi connectivity index (χ3v) is 11.9. The Morgan fingerprint density at radius 1 is 1.00 bits per heavy atom. The molecule has 0 aromatic heterocycles. The predicted molar refractivity (Wildman–Crippen MR) is 133 cm³/mol. The quantitative estimate of drug-likeness (QED) is 0.240. The number of hydrogen-bond acceptors (Lipinski definition) is 9. The molecule has 9 heteroatoms. The first-order valence-electron chi connectivity index (χ1n) is 14.4. The number of carbonyl (C=O) groups excluding carboxylic acids is 2. The molecule has 13 atom stereocenters.